The van der Waals surface area contributed by atoms with Gasteiger partial charge in [-0.2, -0.15) is 0 Å². The molecule has 58 heavy (non-hydrogen) atoms. The molecule has 2 heterocycles. The Balaban J connectivity index is 0.000000434. The number of carboxylic acid groups (broad SMARTS) is 2. The summed E-state index contributed by atoms with van der Waals surface area (Å²) in [7, 11) is 0. The second-order valence-electron chi connectivity index (χ2n) is 11.4. The number of para-hydroxylation sites is 2. The number of hydrogen-bond acceptors (Lipinski definition) is 16. The third-order valence-corrected chi connectivity index (χ3v) is 7.54. The van der Waals surface area contributed by atoms with Crippen LogP contribution in [0.4, 0.5) is 11.4 Å². The van der Waals surface area contributed by atoms with Crippen molar-refractivity contribution in [1.82, 2.24) is 10.6 Å². The van der Waals surface area contributed by atoms with Crippen LogP contribution >= 0.6 is 0 Å². The van der Waals surface area contributed by atoms with E-state index in [1.165, 1.54) is 72.8 Å². The van der Waals surface area contributed by atoms with Crippen LogP contribution in [0.3, 0.4) is 0 Å². The number of nitro groups is 4. The zero-order chi connectivity index (χ0) is 44.1. The Hall–Kier alpha value is -7.74. The van der Waals surface area contributed by atoms with Crippen LogP contribution in [0.2, 0.25) is 0 Å². The molecule has 8 N–H and O–H groups in total. The smallest absolute Gasteiger partial charge is 0.444 e. The Labute approximate surface area is 326 Å². The number of hydrazine groups is 2. The van der Waals surface area contributed by atoms with Crippen molar-refractivity contribution in [2.75, 3.05) is 23.1 Å². The normalized spacial score (nSPS) is 14.2. The maximum absolute atomic E-state index is 11.6. The van der Waals surface area contributed by atoms with Gasteiger partial charge in [0.15, 0.2) is 10.1 Å². The molecule has 4 rings (SSSR count). The van der Waals surface area contributed by atoms with E-state index in [1.54, 1.807) is 12.1 Å². The summed E-state index contributed by atoms with van der Waals surface area (Å²) in [6.45, 7) is 0.411. The van der Waals surface area contributed by atoms with Gasteiger partial charge in [0.05, 0.1) is 22.7 Å². The SMILES string of the molecule is NCCCC[C@@](C(=O)O)(N(c1ccccc1)[N+](=O)[O-])[N+](=O)[O-].NCCCC[C@@](C(=O)O)(N(c1ccccc1)[N+](=O)[O-])[N+](=O)[O-].O=C1C=CC(=O)N1.O=C1C=CC(=O)N1. The molecule has 0 saturated carbocycles. The van der Waals surface area contributed by atoms with Crippen LogP contribution in [0.1, 0.15) is 38.5 Å². The topological polar surface area (TPSA) is 398 Å². The van der Waals surface area contributed by atoms with Crippen molar-refractivity contribution >= 4 is 46.9 Å². The van der Waals surface area contributed by atoms with Crippen molar-refractivity contribution in [1.29, 1.82) is 0 Å². The molecule has 312 valence electrons. The van der Waals surface area contributed by atoms with Crippen molar-refractivity contribution in [3.63, 3.8) is 0 Å². The molecule has 26 nitrogen and oxygen atoms in total. The summed E-state index contributed by atoms with van der Waals surface area (Å²) in [5, 5.41) is 66.3. The van der Waals surface area contributed by atoms with Crippen LogP contribution in [0.25, 0.3) is 0 Å². The first kappa shape index (κ1) is 48.3. The zero-order valence-corrected chi connectivity index (χ0v) is 30.2. The van der Waals surface area contributed by atoms with Gasteiger partial charge in [0.25, 0.3) is 23.6 Å². The summed E-state index contributed by atoms with van der Waals surface area (Å²) < 4.78 is 0. The van der Waals surface area contributed by atoms with Crippen molar-refractivity contribution in [2.45, 2.75) is 49.9 Å². The van der Waals surface area contributed by atoms with Crippen LogP contribution < -0.4 is 32.1 Å². The Bertz CT molecular complexity index is 1700. The highest BCUT2D eigenvalue weighted by molar-refractivity contribution is 6.13. The number of nitrogens with one attached hydrogen (secondary N) is 2. The number of imide groups is 2. The molecule has 4 amide bonds. The van der Waals surface area contributed by atoms with E-state index >= 15 is 0 Å². The van der Waals surface area contributed by atoms with Crippen molar-refractivity contribution in [2.24, 2.45) is 11.5 Å². The van der Waals surface area contributed by atoms with Crippen LogP contribution in [0, 0.1) is 40.5 Å². The molecule has 0 fully saturated rings. The van der Waals surface area contributed by atoms with Crippen LogP contribution in [-0.4, -0.2) is 90.1 Å². The van der Waals surface area contributed by atoms with Gasteiger partial charge in [-0.25, -0.2) is 29.8 Å². The summed E-state index contributed by atoms with van der Waals surface area (Å²) in [4.78, 5) is 106. The summed E-state index contributed by atoms with van der Waals surface area (Å²) >= 11 is 0. The van der Waals surface area contributed by atoms with Crippen molar-refractivity contribution < 1.29 is 58.9 Å². The molecule has 2 aliphatic rings. The van der Waals surface area contributed by atoms with Crippen molar-refractivity contribution in [3.8, 4) is 0 Å². The van der Waals surface area contributed by atoms with Gasteiger partial charge in [0.2, 0.25) is 0 Å². The molecule has 2 atom stereocenters. The largest absolute Gasteiger partial charge is 0.474 e. The predicted octanol–water partition coefficient (Wildman–Crippen LogP) is 0.141. The van der Waals surface area contributed by atoms with Crippen LogP contribution in [0.15, 0.2) is 85.0 Å². The second kappa shape index (κ2) is 23.2. The number of carbonyl (C=O) groups excluding carboxylic acids is 4. The molecule has 0 aliphatic carbocycles. The molecule has 0 unspecified atom stereocenters. The Morgan fingerprint density at radius 3 is 1.00 bits per heavy atom. The van der Waals surface area contributed by atoms with E-state index in [-0.39, 0.29) is 71.0 Å². The number of rotatable bonds is 18. The Kier molecular flexibility index (Phi) is 19.3. The zero-order valence-electron chi connectivity index (χ0n) is 30.2. The third kappa shape index (κ3) is 13.2. The quantitative estimate of drug-likeness (QED) is 0.0383. The summed E-state index contributed by atoms with van der Waals surface area (Å²) in [5.41, 5.74) is 4.44. The second-order valence-corrected chi connectivity index (χ2v) is 11.4. The summed E-state index contributed by atoms with van der Waals surface area (Å²) in [5.74, 6) is -5.10. The Morgan fingerprint density at radius 2 is 0.828 bits per heavy atom. The first-order chi connectivity index (χ1) is 27.3. The van der Waals surface area contributed by atoms with Gasteiger partial charge >= 0.3 is 23.3 Å². The van der Waals surface area contributed by atoms with Gasteiger partial charge in [0, 0.05) is 24.3 Å². The van der Waals surface area contributed by atoms with Gasteiger partial charge in [0.1, 0.15) is 11.4 Å². The first-order valence-corrected chi connectivity index (χ1v) is 16.5. The highest BCUT2D eigenvalue weighted by atomic mass is 16.7. The molecule has 0 radical (unpaired) electrons. The molecule has 26 heteroatoms. The van der Waals surface area contributed by atoms with Gasteiger partial charge in [-0.05, 0) is 73.1 Å². The summed E-state index contributed by atoms with van der Waals surface area (Å²) in [6, 6.07) is 13.8. The fraction of sp³-hybridized carbons (Fsp3) is 0.312. The number of nitrogens with zero attached hydrogens (tertiary/aromatic N) is 6. The molecule has 0 spiro atoms. The van der Waals surface area contributed by atoms with Gasteiger partial charge in [-0.15, -0.1) is 0 Å². The lowest BCUT2D eigenvalue weighted by molar-refractivity contribution is -0.625. The highest BCUT2D eigenvalue weighted by Gasteiger charge is 2.64. The standard InChI is InChI=1S/2C12H16N4O6.2C4H3NO2/c2*13-9-5-4-8-12(11(17)18,15(19)20)14(16(21)22)10-6-2-1-3-7-10;2*6-3-1-2-4(7)5-3/h2*1-3,6-7H,4-5,8-9,13H2,(H,17,18);2*1-2H,(H,5,6,7)/t2*12-;;/m11../s1. The molecule has 2 aromatic carbocycles. The lowest BCUT2D eigenvalue weighted by atomic mass is 10.0. The number of benzene rings is 2. The molecular weight excluding hydrogens is 780 g/mol. The van der Waals surface area contributed by atoms with E-state index in [1.807, 2.05) is 10.6 Å². The fourth-order valence-electron chi connectivity index (χ4n) is 4.87. The monoisotopic (exact) mass is 818 g/mol. The number of anilines is 2. The minimum absolute atomic E-state index is 0.0704. The minimum atomic E-state index is -2.89. The van der Waals surface area contributed by atoms with Gasteiger partial charge < -0.3 is 21.7 Å². The number of amides is 4. The molecule has 2 aliphatic heterocycles. The third-order valence-electron chi connectivity index (χ3n) is 7.54. The number of aliphatic carboxylic acids is 2. The van der Waals surface area contributed by atoms with E-state index < -0.39 is 56.0 Å². The average molecular weight is 819 g/mol. The van der Waals surface area contributed by atoms with Gasteiger partial charge in [-0.1, -0.05) is 36.4 Å². The number of hydrogen-bond donors (Lipinski definition) is 6. The number of unbranched alkanes of at least 4 members (excludes halogenated alkanes) is 2. The highest BCUT2D eigenvalue weighted by Crippen LogP contribution is 2.31. The van der Waals surface area contributed by atoms with E-state index in [0.717, 1.165) is 0 Å². The van der Waals surface area contributed by atoms with Gasteiger partial charge in [-0.3, -0.25) is 50.0 Å². The van der Waals surface area contributed by atoms with E-state index in [4.69, 9.17) is 11.5 Å². The molecule has 0 aromatic heterocycles. The predicted molar refractivity (Wildman–Crippen MR) is 197 cm³/mol. The average Bonchev–Trinajstić information content (AvgIpc) is 3.75. The minimum Gasteiger partial charge on any atom is -0.474 e. The fourth-order valence-corrected chi connectivity index (χ4v) is 4.87. The molecule has 0 saturated heterocycles. The molecule has 2 aromatic rings. The maximum Gasteiger partial charge on any atom is 0.444 e. The number of carbonyl (C=O) groups is 6. The van der Waals surface area contributed by atoms with E-state index in [0.29, 0.717) is 12.8 Å². The molecule has 0 bridgehead atoms. The lowest BCUT2D eigenvalue weighted by Gasteiger charge is -2.26. The van der Waals surface area contributed by atoms with Crippen molar-refractivity contribution in [3.05, 3.63) is 125 Å². The first-order valence-electron chi connectivity index (χ1n) is 16.5. The van der Waals surface area contributed by atoms with Crippen LogP contribution in [0.5, 0.6) is 0 Å². The van der Waals surface area contributed by atoms with E-state index in [2.05, 4.69) is 0 Å². The Morgan fingerprint density at radius 1 is 0.552 bits per heavy atom. The number of carboxylic acids is 2. The van der Waals surface area contributed by atoms with Crippen LogP contribution in [-0.2, 0) is 28.8 Å². The number of nitrogens with two attached hydrogens (primary N) is 2. The summed E-state index contributed by atoms with van der Waals surface area (Å²) in [6.07, 6.45) is 4.49. The maximum atomic E-state index is 11.6. The van der Waals surface area contributed by atoms with E-state index in [9.17, 15) is 79.4 Å². The lowest BCUT2D eigenvalue weighted by Crippen LogP contribution is -2.62. The molecular formula is C32H38N10O16.